The molecule has 0 spiro atoms. The minimum absolute atomic E-state index is 0.105. The summed E-state index contributed by atoms with van der Waals surface area (Å²) in [6.45, 7) is 7.84. The van der Waals surface area contributed by atoms with E-state index in [-0.39, 0.29) is 11.9 Å². The standard InChI is InChI=1S/C23H29N3O3/c1-16-22(17-7-9-25(16)10-8-17)24-23(27)21-6-5-20(29-21)18-3-2-4-19(15-18)26-11-13-28-14-12-26/h2-6,15-17,22H,7-14H2,1H3,(H,24,27)/t16-,22-/m0/s1. The molecule has 0 radical (unpaired) electrons. The van der Waals surface area contributed by atoms with Gasteiger partial charge in [-0.25, -0.2) is 0 Å². The third kappa shape index (κ3) is 3.67. The highest BCUT2D eigenvalue weighted by Crippen LogP contribution is 2.32. The zero-order valence-electron chi connectivity index (χ0n) is 17.0. The Labute approximate surface area is 171 Å². The number of amides is 1. The van der Waals surface area contributed by atoms with E-state index in [2.05, 4.69) is 34.2 Å². The molecule has 0 unspecified atom stereocenters. The van der Waals surface area contributed by atoms with Crippen LogP contribution in [-0.2, 0) is 4.74 Å². The van der Waals surface area contributed by atoms with Gasteiger partial charge in [-0.3, -0.25) is 9.69 Å². The second-order valence-electron chi connectivity index (χ2n) is 8.43. The maximum absolute atomic E-state index is 12.8. The van der Waals surface area contributed by atoms with Crippen LogP contribution in [0.5, 0.6) is 0 Å². The fourth-order valence-electron chi connectivity index (χ4n) is 5.06. The smallest absolute Gasteiger partial charge is 0.287 e. The molecule has 6 nitrogen and oxygen atoms in total. The molecule has 5 heterocycles. The molecule has 2 aromatic rings. The number of carbonyl (C=O) groups is 1. The number of nitrogens with zero attached hydrogens (tertiary/aromatic N) is 2. The number of hydrogen-bond donors (Lipinski definition) is 1. The van der Waals surface area contributed by atoms with E-state index in [4.69, 9.17) is 9.15 Å². The molecule has 1 aromatic carbocycles. The molecule has 6 rings (SSSR count). The lowest BCUT2D eigenvalue weighted by Crippen LogP contribution is -2.62. The maximum Gasteiger partial charge on any atom is 0.287 e. The first-order chi connectivity index (χ1) is 14.2. The molecule has 1 amide bonds. The van der Waals surface area contributed by atoms with E-state index in [1.165, 1.54) is 12.8 Å². The molecular weight excluding hydrogens is 366 g/mol. The van der Waals surface area contributed by atoms with Gasteiger partial charge in [-0.15, -0.1) is 0 Å². The van der Waals surface area contributed by atoms with Crippen molar-refractivity contribution in [2.24, 2.45) is 5.92 Å². The minimum atomic E-state index is -0.105. The van der Waals surface area contributed by atoms with Crippen LogP contribution >= 0.6 is 0 Å². The Morgan fingerprint density at radius 3 is 2.62 bits per heavy atom. The fraction of sp³-hybridized carbons (Fsp3) is 0.522. The van der Waals surface area contributed by atoms with Crippen LogP contribution in [0.1, 0.15) is 30.3 Å². The molecule has 29 heavy (non-hydrogen) atoms. The molecule has 0 aliphatic carbocycles. The summed E-state index contributed by atoms with van der Waals surface area (Å²) < 4.78 is 11.4. The predicted octanol–water partition coefficient (Wildman–Crippen LogP) is 3.00. The van der Waals surface area contributed by atoms with E-state index < -0.39 is 0 Å². The van der Waals surface area contributed by atoms with Crippen molar-refractivity contribution in [1.82, 2.24) is 10.2 Å². The number of ether oxygens (including phenoxy) is 1. The summed E-state index contributed by atoms with van der Waals surface area (Å²) in [5.74, 6) is 1.59. The number of piperidine rings is 3. The average Bonchev–Trinajstić information content (AvgIpc) is 3.28. The Morgan fingerprint density at radius 1 is 1.07 bits per heavy atom. The van der Waals surface area contributed by atoms with Crippen molar-refractivity contribution in [2.75, 3.05) is 44.3 Å². The molecule has 4 fully saturated rings. The van der Waals surface area contributed by atoms with E-state index in [1.54, 1.807) is 6.07 Å². The van der Waals surface area contributed by atoms with Crippen molar-refractivity contribution >= 4 is 11.6 Å². The molecule has 2 atom stereocenters. The molecule has 4 aliphatic rings. The van der Waals surface area contributed by atoms with Crippen molar-refractivity contribution in [2.45, 2.75) is 31.8 Å². The van der Waals surface area contributed by atoms with Gasteiger partial charge in [0, 0.05) is 36.4 Å². The second-order valence-corrected chi connectivity index (χ2v) is 8.43. The summed E-state index contributed by atoms with van der Waals surface area (Å²) in [5.41, 5.74) is 2.15. The van der Waals surface area contributed by atoms with Crippen molar-refractivity contribution in [3.63, 3.8) is 0 Å². The van der Waals surface area contributed by atoms with Gasteiger partial charge in [0.2, 0.25) is 0 Å². The average molecular weight is 396 g/mol. The van der Waals surface area contributed by atoms with E-state index >= 15 is 0 Å². The Kier molecular flexibility index (Phi) is 5.06. The number of carbonyl (C=O) groups excluding carboxylic acids is 1. The number of nitrogens with one attached hydrogen (secondary N) is 1. The van der Waals surface area contributed by atoms with Crippen LogP contribution in [-0.4, -0.2) is 62.3 Å². The van der Waals surface area contributed by atoms with Gasteiger partial charge in [-0.2, -0.15) is 0 Å². The van der Waals surface area contributed by atoms with Gasteiger partial charge in [-0.1, -0.05) is 12.1 Å². The van der Waals surface area contributed by atoms with E-state index in [9.17, 15) is 4.79 Å². The Morgan fingerprint density at radius 2 is 1.86 bits per heavy atom. The van der Waals surface area contributed by atoms with Gasteiger partial charge in [0.25, 0.3) is 5.91 Å². The van der Waals surface area contributed by atoms with Crippen molar-refractivity contribution in [3.05, 3.63) is 42.2 Å². The number of rotatable bonds is 4. The first kappa shape index (κ1) is 18.7. The highest BCUT2D eigenvalue weighted by molar-refractivity contribution is 5.92. The molecule has 4 saturated heterocycles. The van der Waals surface area contributed by atoms with Crippen LogP contribution in [0, 0.1) is 5.92 Å². The molecule has 1 N–H and O–H groups in total. The fourth-order valence-corrected chi connectivity index (χ4v) is 5.06. The van der Waals surface area contributed by atoms with Crippen molar-refractivity contribution < 1.29 is 13.9 Å². The van der Waals surface area contributed by atoms with Crippen LogP contribution < -0.4 is 10.2 Å². The lowest BCUT2D eigenvalue weighted by Gasteiger charge is -2.49. The molecule has 1 aromatic heterocycles. The highest BCUT2D eigenvalue weighted by Gasteiger charge is 2.40. The van der Waals surface area contributed by atoms with Crippen LogP contribution in [0.2, 0.25) is 0 Å². The monoisotopic (exact) mass is 395 g/mol. The zero-order valence-corrected chi connectivity index (χ0v) is 17.0. The van der Waals surface area contributed by atoms with Gasteiger partial charge in [0.15, 0.2) is 5.76 Å². The highest BCUT2D eigenvalue weighted by atomic mass is 16.5. The lowest BCUT2D eigenvalue weighted by atomic mass is 9.79. The lowest BCUT2D eigenvalue weighted by molar-refractivity contribution is 0.0211. The normalized spacial score (nSPS) is 29.1. The number of hydrogen-bond acceptors (Lipinski definition) is 5. The Balaban J connectivity index is 1.30. The zero-order chi connectivity index (χ0) is 19.8. The Bertz CT molecular complexity index is 864. The van der Waals surface area contributed by atoms with Gasteiger partial charge in [-0.05, 0) is 63.0 Å². The number of anilines is 1. The number of furan rings is 1. The number of benzene rings is 1. The summed E-state index contributed by atoms with van der Waals surface area (Å²) in [6.07, 6.45) is 2.35. The van der Waals surface area contributed by atoms with E-state index in [1.807, 2.05) is 18.2 Å². The molecule has 2 bridgehead atoms. The molecular formula is C23H29N3O3. The SMILES string of the molecule is C[C@H]1[C@H](NC(=O)c2ccc(-c3cccc(N4CCOCC4)c3)o2)C2CCN1CC2. The summed E-state index contributed by atoms with van der Waals surface area (Å²) in [7, 11) is 0. The topological polar surface area (TPSA) is 58.0 Å². The van der Waals surface area contributed by atoms with Crippen molar-refractivity contribution in [1.29, 1.82) is 0 Å². The summed E-state index contributed by atoms with van der Waals surface area (Å²) in [6, 6.07) is 12.6. The largest absolute Gasteiger partial charge is 0.451 e. The van der Waals surface area contributed by atoms with Crippen LogP contribution in [0.4, 0.5) is 5.69 Å². The predicted molar refractivity (Wildman–Crippen MR) is 112 cm³/mol. The minimum Gasteiger partial charge on any atom is -0.451 e. The van der Waals surface area contributed by atoms with E-state index in [0.717, 1.165) is 56.4 Å². The van der Waals surface area contributed by atoms with Crippen LogP contribution in [0.3, 0.4) is 0 Å². The third-order valence-electron chi connectivity index (χ3n) is 6.81. The summed E-state index contributed by atoms with van der Waals surface area (Å²) >= 11 is 0. The molecule has 0 saturated carbocycles. The first-order valence-corrected chi connectivity index (χ1v) is 10.8. The van der Waals surface area contributed by atoms with Gasteiger partial charge in [0.1, 0.15) is 5.76 Å². The van der Waals surface area contributed by atoms with Crippen LogP contribution in [0.15, 0.2) is 40.8 Å². The third-order valence-corrected chi connectivity index (χ3v) is 6.81. The number of morpholine rings is 1. The quantitative estimate of drug-likeness (QED) is 0.863. The van der Waals surface area contributed by atoms with Gasteiger partial charge < -0.3 is 19.4 Å². The molecule has 6 heteroatoms. The van der Waals surface area contributed by atoms with Gasteiger partial charge in [0.05, 0.1) is 13.2 Å². The van der Waals surface area contributed by atoms with E-state index in [0.29, 0.717) is 17.7 Å². The number of fused-ring (bicyclic) bond motifs is 3. The molecule has 154 valence electrons. The van der Waals surface area contributed by atoms with Gasteiger partial charge >= 0.3 is 0 Å². The van der Waals surface area contributed by atoms with Crippen LogP contribution in [0.25, 0.3) is 11.3 Å². The second kappa shape index (κ2) is 7.84. The first-order valence-electron chi connectivity index (χ1n) is 10.8. The maximum atomic E-state index is 12.8. The summed E-state index contributed by atoms with van der Waals surface area (Å²) in [5, 5.41) is 3.25. The summed E-state index contributed by atoms with van der Waals surface area (Å²) in [4.78, 5) is 17.6. The molecule has 4 aliphatic heterocycles. The van der Waals surface area contributed by atoms with Crippen molar-refractivity contribution in [3.8, 4) is 11.3 Å². The Hall–Kier alpha value is -2.31.